The molecule has 3 rings (SSSR count). The predicted molar refractivity (Wildman–Crippen MR) is 89.7 cm³/mol. The van der Waals surface area contributed by atoms with Crippen molar-refractivity contribution in [2.45, 2.75) is 25.1 Å². The number of nitrogens with one attached hydrogen (secondary N) is 1. The number of halogens is 3. The minimum absolute atomic E-state index is 0.0742. The first-order valence-corrected chi connectivity index (χ1v) is 8.37. The van der Waals surface area contributed by atoms with Crippen LogP contribution in [0.1, 0.15) is 28.5 Å². The maximum atomic E-state index is 12.5. The van der Waals surface area contributed by atoms with E-state index in [2.05, 4.69) is 10.3 Å². The number of aromatic nitrogens is 1. The van der Waals surface area contributed by atoms with E-state index < -0.39 is 11.7 Å². The Labute approximate surface area is 149 Å². The number of nitrogens with zero attached hydrogens (tertiary/aromatic N) is 1. The Morgan fingerprint density at radius 1 is 1.12 bits per heavy atom. The molecular weight excluding hydrogens is 345 g/mol. The fourth-order valence-electron chi connectivity index (χ4n) is 2.82. The Balaban J connectivity index is 1.56. The molecule has 0 radical (unpaired) electrons. The van der Waals surface area contributed by atoms with Crippen LogP contribution in [0, 0.1) is 0 Å². The molecule has 7 heteroatoms. The van der Waals surface area contributed by atoms with Gasteiger partial charge in [-0.05, 0) is 29.3 Å². The minimum Gasteiger partial charge on any atom is -0.369 e. The van der Waals surface area contributed by atoms with Crippen LogP contribution >= 0.6 is 0 Å². The number of pyridine rings is 1. The lowest BCUT2D eigenvalue weighted by Crippen LogP contribution is -2.33. The van der Waals surface area contributed by atoms with Gasteiger partial charge in [0, 0.05) is 32.1 Å². The van der Waals surface area contributed by atoms with Crippen molar-refractivity contribution in [1.82, 2.24) is 10.3 Å². The van der Waals surface area contributed by atoms with E-state index in [9.17, 15) is 18.0 Å². The number of ketones is 1. The molecule has 2 aromatic rings. The van der Waals surface area contributed by atoms with Gasteiger partial charge >= 0.3 is 6.18 Å². The zero-order chi connectivity index (χ0) is 18.6. The second kappa shape index (κ2) is 7.97. The number of ether oxygens (including phenoxy) is 1. The van der Waals surface area contributed by atoms with E-state index in [0.29, 0.717) is 18.7 Å². The smallest absolute Gasteiger partial charge is 0.369 e. The molecule has 26 heavy (non-hydrogen) atoms. The molecule has 1 fully saturated rings. The van der Waals surface area contributed by atoms with E-state index in [1.165, 1.54) is 12.1 Å². The fourth-order valence-corrected chi connectivity index (χ4v) is 2.82. The number of carbonyl (C=O) groups excluding carboxylic acids is 1. The highest BCUT2D eigenvalue weighted by Crippen LogP contribution is 2.29. The lowest BCUT2D eigenvalue weighted by atomic mass is 10.0. The third-order valence-corrected chi connectivity index (χ3v) is 4.19. The summed E-state index contributed by atoms with van der Waals surface area (Å²) in [6.45, 7) is 2.17. The third-order valence-electron chi connectivity index (χ3n) is 4.19. The fraction of sp³-hybridized carbons (Fsp3) is 0.368. The van der Waals surface area contributed by atoms with Gasteiger partial charge < -0.3 is 10.1 Å². The number of Topliss-reactive ketones (excluding diaryl/α,β-unsaturated/α-hetero) is 1. The van der Waals surface area contributed by atoms with E-state index >= 15 is 0 Å². The Kier molecular flexibility index (Phi) is 5.68. The Morgan fingerprint density at radius 3 is 2.38 bits per heavy atom. The van der Waals surface area contributed by atoms with Crippen LogP contribution in [0.2, 0.25) is 0 Å². The van der Waals surface area contributed by atoms with E-state index in [1.807, 2.05) is 12.1 Å². The van der Waals surface area contributed by atoms with Gasteiger partial charge in [-0.1, -0.05) is 18.2 Å². The molecule has 0 bridgehead atoms. The zero-order valence-electron chi connectivity index (χ0n) is 14.1. The molecule has 1 saturated heterocycles. The topological polar surface area (TPSA) is 51.2 Å². The van der Waals surface area contributed by atoms with Crippen molar-refractivity contribution in [3.63, 3.8) is 0 Å². The molecule has 1 aliphatic rings. The molecule has 1 unspecified atom stereocenters. The van der Waals surface area contributed by atoms with E-state index in [-0.39, 0.29) is 24.7 Å². The molecule has 1 aromatic heterocycles. The summed E-state index contributed by atoms with van der Waals surface area (Å²) in [4.78, 5) is 16.5. The summed E-state index contributed by atoms with van der Waals surface area (Å²) in [7, 11) is 0. The van der Waals surface area contributed by atoms with Crippen LogP contribution in [0.3, 0.4) is 0 Å². The molecule has 1 aliphatic heterocycles. The van der Waals surface area contributed by atoms with Gasteiger partial charge in [0.25, 0.3) is 0 Å². The van der Waals surface area contributed by atoms with Gasteiger partial charge in [-0.2, -0.15) is 13.2 Å². The van der Waals surface area contributed by atoms with Crippen LogP contribution in [0.15, 0.2) is 42.6 Å². The Morgan fingerprint density at radius 2 is 1.81 bits per heavy atom. The zero-order valence-corrected chi connectivity index (χ0v) is 14.1. The molecule has 0 saturated carbocycles. The van der Waals surface area contributed by atoms with Crippen LogP contribution < -0.4 is 5.32 Å². The number of carbonyl (C=O) groups is 1. The van der Waals surface area contributed by atoms with Crippen molar-refractivity contribution < 1.29 is 22.7 Å². The highest BCUT2D eigenvalue weighted by molar-refractivity contribution is 5.83. The van der Waals surface area contributed by atoms with E-state index in [4.69, 9.17) is 4.74 Å². The van der Waals surface area contributed by atoms with Gasteiger partial charge in [-0.3, -0.25) is 9.78 Å². The number of hydrogen-bond acceptors (Lipinski definition) is 4. The summed E-state index contributed by atoms with van der Waals surface area (Å²) in [6.07, 6.45) is -2.51. The molecule has 4 nitrogen and oxygen atoms in total. The average Bonchev–Trinajstić information content (AvgIpc) is 2.63. The van der Waals surface area contributed by atoms with Crippen molar-refractivity contribution in [3.05, 3.63) is 65.0 Å². The number of benzene rings is 1. The number of rotatable bonds is 5. The third kappa shape index (κ3) is 4.89. The van der Waals surface area contributed by atoms with Crippen LogP contribution in [0.25, 0.3) is 0 Å². The Bertz CT molecular complexity index is 737. The summed E-state index contributed by atoms with van der Waals surface area (Å²) in [5.41, 5.74) is 1.44. The lowest BCUT2D eigenvalue weighted by molar-refractivity contribution is -0.137. The number of hydrogen-bond donors (Lipinski definition) is 1. The molecule has 1 aromatic carbocycles. The summed E-state index contributed by atoms with van der Waals surface area (Å²) in [6, 6.07) is 8.36. The van der Waals surface area contributed by atoms with Gasteiger partial charge in [0.2, 0.25) is 0 Å². The van der Waals surface area contributed by atoms with Gasteiger partial charge in [0.15, 0.2) is 0 Å². The average molecular weight is 364 g/mol. The number of morpholine rings is 1. The van der Waals surface area contributed by atoms with Crippen LogP contribution in [0.4, 0.5) is 13.2 Å². The highest BCUT2D eigenvalue weighted by Gasteiger charge is 2.30. The monoisotopic (exact) mass is 364 g/mol. The van der Waals surface area contributed by atoms with E-state index in [0.717, 1.165) is 29.9 Å². The normalized spacial score (nSPS) is 17.9. The van der Waals surface area contributed by atoms with Crippen molar-refractivity contribution >= 4 is 5.78 Å². The van der Waals surface area contributed by atoms with Crippen LogP contribution in [-0.4, -0.2) is 30.5 Å². The molecule has 2 heterocycles. The summed E-state index contributed by atoms with van der Waals surface area (Å²) in [5, 5.41) is 3.23. The van der Waals surface area contributed by atoms with Gasteiger partial charge in [0.1, 0.15) is 11.9 Å². The maximum Gasteiger partial charge on any atom is 0.416 e. The maximum absolute atomic E-state index is 12.5. The van der Waals surface area contributed by atoms with Crippen LogP contribution in [-0.2, 0) is 28.5 Å². The molecule has 0 amide bonds. The SMILES string of the molecule is O=C(Cc1ccc(C(F)(F)F)cc1)Cc1ccc(C2CNCCO2)nc1. The van der Waals surface area contributed by atoms with Crippen molar-refractivity contribution in [2.24, 2.45) is 0 Å². The second-order valence-corrected chi connectivity index (χ2v) is 6.24. The lowest BCUT2D eigenvalue weighted by Gasteiger charge is -2.23. The highest BCUT2D eigenvalue weighted by atomic mass is 19.4. The molecule has 1 atom stereocenters. The standard InChI is InChI=1S/C19H19F3N2O2/c20-19(21,22)15-4-1-13(2-5-15)9-16(25)10-14-3-6-17(24-11-14)18-12-23-7-8-26-18/h1-6,11,18,23H,7-10,12H2. The molecule has 1 N–H and O–H groups in total. The predicted octanol–water partition coefficient (Wildman–Crippen LogP) is 3.12. The summed E-state index contributed by atoms with van der Waals surface area (Å²) >= 11 is 0. The van der Waals surface area contributed by atoms with E-state index in [1.54, 1.807) is 6.20 Å². The van der Waals surface area contributed by atoms with Crippen LogP contribution in [0.5, 0.6) is 0 Å². The largest absolute Gasteiger partial charge is 0.416 e. The van der Waals surface area contributed by atoms with Crippen molar-refractivity contribution in [3.8, 4) is 0 Å². The van der Waals surface area contributed by atoms with Crippen molar-refractivity contribution in [1.29, 1.82) is 0 Å². The molecule has 0 aliphatic carbocycles. The molecule has 0 spiro atoms. The Hall–Kier alpha value is -2.25. The first-order chi connectivity index (χ1) is 12.4. The molecule has 138 valence electrons. The first-order valence-electron chi connectivity index (χ1n) is 8.37. The summed E-state index contributed by atoms with van der Waals surface area (Å²) in [5.74, 6) is -0.0742. The van der Waals surface area contributed by atoms with Gasteiger partial charge in [0.05, 0.1) is 17.9 Å². The first kappa shape index (κ1) is 18.5. The summed E-state index contributed by atoms with van der Waals surface area (Å²) < 4.78 is 43.3. The quantitative estimate of drug-likeness (QED) is 0.886. The number of alkyl halides is 3. The second-order valence-electron chi connectivity index (χ2n) is 6.24. The minimum atomic E-state index is -4.37. The van der Waals surface area contributed by atoms with Gasteiger partial charge in [-0.15, -0.1) is 0 Å². The van der Waals surface area contributed by atoms with Crippen molar-refractivity contribution in [2.75, 3.05) is 19.7 Å². The molecular formula is C19H19F3N2O2. The van der Waals surface area contributed by atoms with Gasteiger partial charge in [-0.25, -0.2) is 0 Å².